The highest BCUT2D eigenvalue weighted by Gasteiger charge is 2.25. The summed E-state index contributed by atoms with van der Waals surface area (Å²) in [6.07, 6.45) is 0.522. The molecular formula is C13H16FNO3. The third kappa shape index (κ3) is 3.55. The van der Waals surface area contributed by atoms with Crippen molar-refractivity contribution in [3.8, 4) is 0 Å². The number of rotatable bonds is 6. The Morgan fingerprint density at radius 3 is 2.39 bits per heavy atom. The monoisotopic (exact) mass is 253 g/mol. The molecule has 1 rings (SSSR count). The molecule has 0 fully saturated rings. The van der Waals surface area contributed by atoms with Crippen molar-refractivity contribution < 1.29 is 19.1 Å². The first-order valence-electron chi connectivity index (χ1n) is 5.74. The molecule has 0 aliphatic carbocycles. The molecule has 0 heterocycles. The van der Waals surface area contributed by atoms with Gasteiger partial charge >= 0.3 is 5.97 Å². The zero-order valence-corrected chi connectivity index (χ0v) is 10.1. The summed E-state index contributed by atoms with van der Waals surface area (Å²) in [7, 11) is 0. The first kappa shape index (κ1) is 14.2. The van der Waals surface area contributed by atoms with Crippen LogP contribution in [0.25, 0.3) is 0 Å². The standard InChI is InChI=1S/C13H16FNO3/c1-2-10(9-6-4-3-5-7-9)12(16)15-11(8-14)13(17)18/h3-7,10-11H,2,8H2,1H3,(H,15,16)(H,17,18). The fourth-order valence-corrected chi connectivity index (χ4v) is 1.70. The number of alkyl halides is 1. The smallest absolute Gasteiger partial charge is 0.328 e. The Balaban J connectivity index is 2.78. The molecule has 18 heavy (non-hydrogen) atoms. The lowest BCUT2D eigenvalue weighted by Gasteiger charge is -2.18. The Morgan fingerprint density at radius 1 is 1.33 bits per heavy atom. The molecule has 1 aromatic carbocycles. The fourth-order valence-electron chi connectivity index (χ4n) is 1.70. The van der Waals surface area contributed by atoms with Crippen LogP contribution in [0.2, 0.25) is 0 Å². The van der Waals surface area contributed by atoms with Crippen molar-refractivity contribution >= 4 is 11.9 Å². The van der Waals surface area contributed by atoms with E-state index in [2.05, 4.69) is 5.32 Å². The Kier molecular flexibility index (Phi) is 5.30. The number of hydrogen-bond donors (Lipinski definition) is 2. The summed E-state index contributed by atoms with van der Waals surface area (Å²) in [6.45, 7) is 0.703. The zero-order valence-electron chi connectivity index (χ0n) is 10.1. The number of amides is 1. The van der Waals surface area contributed by atoms with E-state index in [1.54, 1.807) is 24.3 Å². The lowest BCUT2D eigenvalue weighted by atomic mass is 9.95. The Labute approximate surface area is 105 Å². The first-order valence-corrected chi connectivity index (χ1v) is 5.74. The van der Waals surface area contributed by atoms with Crippen LogP contribution in [0.15, 0.2) is 30.3 Å². The lowest BCUT2D eigenvalue weighted by molar-refractivity contribution is -0.142. The van der Waals surface area contributed by atoms with E-state index in [4.69, 9.17) is 5.11 Å². The molecule has 2 N–H and O–H groups in total. The Hall–Kier alpha value is -1.91. The van der Waals surface area contributed by atoms with Crippen LogP contribution in [-0.4, -0.2) is 29.7 Å². The maximum Gasteiger partial charge on any atom is 0.328 e. The minimum Gasteiger partial charge on any atom is -0.480 e. The highest BCUT2D eigenvalue weighted by Crippen LogP contribution is 2.19. The van der Waals surface area contributed by atoms with Crippen molar-refractivity contribution in [1.29, 1.82) is 0 Å². The number of carboxylic acids is 1. The van der Waals surface area contributed by atoms with E-state index in [1.807, 2.05) is 13.0 Å². The van der Waals surface area contributed by atoms with E-state index in [-0.39, 0.29) is 0 Å². The third-order valence-corrected chi connectivity index (χ3v) is 2.70. The fraction of sp³-hybridized carbons (Fsp3) is 0.385. The van der Waals surface area contributed by atoms with Gasteiger partial charge in [0, 0.05) is 0 Å². The van der Waals surface area contributed by atoms with Gasteiger partial charge in [0.05, 0.1) is 5.92 Å². The maximum atomic E-state index is 12.4. The van der Waals surface area contributed by atoms with Crippen LogP contribution in [0, 0.1) is 0 Å². The molecule has 1 amide bonds. The second kappa shape index (κ2) is 6.74. The molecule has 5 heteroatoms. The predicted molar refractivity (Wildman–Crippen MR) is 65.0 cm³/mol. The summed E-state index contributed by atoms with van der Waals surface area (Å²) in [4.78, 5) is 22.6. The molecule has 1 aromatic rings. The van der Waals surface area contributed by atoms with Crippen molar-refractivity contribution in [1.82, 2.24) is 5.32 Å². The highest BCUT2D eigenvalue weighted by molar-refractivity contribution is 5.88. The van der Waals surface area contributed by atoms with Crippen molar-refractivity contribution in [2.45, 2.75) is 25.3 Å². The van der Waals surface area contributed by atoms with E-state index in [0.29, 0.717) is 6.42 Å². The van der Waals surface area contributed by atoms with Crippen LogP contribution in [0.1, 0.15) is 24.8 Å². The van der Waals surface area contributed by atoms with Crippen LogP contribution in [-0.2, 0) is 9.59 Å². The van der Waals surface area contributed by atoms with Gasteiger partial charge in [0.15, 0.2) is 6.04 Å². The number of halogens is 1. The molecule has 0 aliphatic rings. The van der Waals surface area contributed by atoms with Gasteiger partial charge in [-0.1, -0.05) is 37.3 Å². The van der Waals surface area contributed by atoms with E-state index >= 15 is 0 Å². The molecular weight excluding hydrogens is 237 g/mol. The topological polar surface area (TPSA) is 66.4 Å². The molecule has 0 spiro atoms. The minimum atomic E-state index is -1.48. The van der Waals surface area contributed by atoms with Crippen molar-refractivity contribution in [3.63, 3.8) is 0 Å². The zero-order chi connectivity index (χ0) is 13.5. The molecule has 98 valence electrons. The van der Waals surface area contributed by atoms with E-state index < -0.39 is 30.5 Å². The maximum absolute atomic E-state index is 12.4. The number of benzene rings is 1. The second-order valence-electron chi connectivity index (χ2n) is 3.93. The number of carbonyl (C=O) groups excluding carboxylic acids is 1. The quantitative estimate of drug-likeness (QED) is 0.811. The highest BCUT2D eigenvalue weighted by atomic mass is 19.1. The average Bonchev–Trinajstić information content (AvgIpc) is 2.37. The average molecular weight is 253 g/mol. The molecule has 0 saturated heterocycles. The summed E-state index contributed by atoms with van der Waals surface area (Å²) in [5, 5.41) is 10.9. The van der Waals surface area contributed by atoms with Gasteiger partial charge in [-0.05, 0) is 12.0 Å². The molecule has 0 bridgehead atoms. The van der Waals surface area contributed by atoms with Crippen LogP contribution in [0.3, 0.4) is 0 Å². The Morgan fingerprint density at radius 2 is 1.94 bits per heavy atom. The summed E-state index contributed by atoms with van der Waals surface area (Å²) < 4.78 is 12.4. The number of aliphatic carboxylic acids is 1. The molecule has 0 radical (unpaired) electrons. The number of carboxylic acid groups (broad SMARTS) is 1. The van der Waals surface area contributed by atoms with E-state index in [9.17, 15) is 14.0 Å². The molecule has 2 atom stereocenters. The first-order chi connectivity index (χ1) is 8.60. The lowest BCUT2D eigenvalue weighted by Crippen LogP contribution is -2.44. The number of nitrogens with one attached hydrogen (secondary N) is 1. The molecule has 2 unspecified atom stereocenters. The van der Waals surface area contributed by atoms with E-state index in [1.165, 1.54) is 0 Å². The largest absolute Gasteiger partial charge is 0.480 e. The molecule has 0 aliphatic heterocycles. The minimum absolute atomic E-state index is 0.459. The summed E-state index contributed by atoms with van der Waals surface area (Å²) in [6, 6.07) is 7.54. The van der Waals surface area contributed by atoms with Gasteiger partial charge < -0.3 is 10.4 Å². The third-order valence-electron chi connectivity index (χ3n) is 2.70. The van der Waals surface area contributed by atoms with Gasteiger partial charge in [-0.15, -0.1) is 0 Å². The van der Waals surface area contributed by atoms with Crippen LogP contribution in [0.4, 0.5) is 4.39 Å². The van der Waals surface area contributed by atoms with Crippen LogP contribution in [0.5, 0.6) is 0 Å². The van der Waals surface area contributed by atoms with Crippen molar-refractivity contribution in [2.24, 2.45) is 0 Å². The van der Waals surface area contributed by atoms with Crippen molar-refractivity contribution in [2.75, 3.05) is 6.67 Å². The molecule has 0 aromatic heterocycles. The normalized spacial score (nSPS) is 13.7. The van der Waals surface area contributed by atoms with Gasteiger partial charge in [-0.2, -0.15) is 0 Å². The summed E-state index contributed by atoms with van der Waals surface area (Å²) >= 11 is 0. The summed E-state index contributed by atoms with van der Waals surface area (Å²) in [5.74, 6) is -2.29. The Bertz CT molecular complexity index is 408. The molecule has 4 nitrogen and oxygen atoms in total. The van der Waals surface area contributed by atoms with Gasteiger partial charge in [0.2, 0.25) is 5.91 Å². The van der Waals surface area contributed by atoms with Gasteiger partial charge in [0.25, 0.3) is 0 Å². The predicted octanol–water partition coefficient (Wildman–Crippen LogP) is 1.72. The number of hydrogen-bond acceptors (Lipinski definition) is 2. The van der Waals surface area contributed by atoms with Gasteiger partial charge in [0.1, 0.15) is 6.67 Å². The van der Waals surface area contributed by atoms with Crippen LogP contribution < -0.4 is 5.32 Å². The number of carbonyl (C=O) groups is 2. The van der Waals surface area contributed by atoms with Crippen LogP contribution >= 0.6 is 0 Å². The SMILES string of the molecule is CCC(C(=O)NC(CF)C(=O)O)c1ccccc1. The summed E-state index contributed by atoms with van der Waals surface area (Å²) in [5.41, 5.74) is 0.792. The molecule has 0 saturated carbocycles. The van der Waals surface area contributed by atoms with Crippen molar-refractivity contribution in [3.05, 3.63) is 35.9 Å². The second-order valence-corrected chi connectivity index (χ2v) is 3.93. The van der Waals surface area contributed by atoms with E-state index in [0.717, 1.165) is 5.56 Å². The van der Waals surface area contributed by atoms with Gasteiger partial charge in [-0.3, -0.25) is 4.79 Å². The van der Waals surface area contributed by atoms with Gasteiger partial charge in [-0.25, -0.2) is 9.18 Å².